The number of hydrogen-bond acceptors (Lipinski definition) is 3. The third-order valence-electron chi connectivity index (χ3n) is 1.17. The van der Waals surface area contributed by atoms with Crippen molar-refractivity contribution in [2.75, 3.05) is 0 Å². The smallest absolute Gasteiger partial charge is 0.123 e. The van der Waals surface area contributed by atoms with Crippen LogP contribution >= 0.6 is 11.3 Å². The minimum absolute atomic E-state index is 0.107. The van der Waals surface area contributed by atoms with Gasteiger partial charge in [-0.25, -0.2) is 0 Å². The molecule has 0 spiro atoms. The van der Waals surface area contributed by atoms with Crippen LogP contribution in [-0.4, -0.2) is 5.84 Å². The van der Waals surface area contributed by atoms with Crippen LogP contribution < -0.4 is 11.5 Å². The summed E-state index contributed by atoms with van der Waals surface area (Å²) in [6.45, 7) is 0.526. The molecule has 1 aromatic heterocycles. The minimum atomic E-state index is 0.107. The van der Waals surface area contributed by atoms with Crippen molar-refractivity contribution < 1.29 is 0 Å². The van der Waals surface area contributed by atoms with E-state index < -0.39 is 0 Å². The van der Waals surface area contributed by atoms with E-state index >= 15 is 0 Å². The Kier molecular flexibility index (Phi) is 2.03. The number of nitrogen functional groups attached to an aromatic ring is 1. The van der Waals surface area contributed by atoms with Gasteiger partial charge < -0.3 is 11.5 Å². The zero-order chi connectivity index (χ0) is 7.56. The quantitative estimate of drug-likeness (QED) is 0.429. The van der Waals surface area contributed by atoms with Gasteiger partial charge in [0.1, 0.15) is 5.84 Å². The van der Waals surface area contributed by atoms with Crippen molar-refractivity contribution in [1.82, 2.24) is 0 Å². The second-order valence-corrected chi connectivity index (χ2v) is 2.92. The van der Waals surface area contributed by atoms with Crippen LogP contribution in [0.2, 0.25) is 0 Å². The van der Waals surface area contributed by atoms with Crippen molar-refractivity contribution in [2.24, 2.45) is 11.5 Å². The highest BCUT2D eigenvalue weighted by molar-refractivity contribution is 7.10. The Morgan fingerprint density at radius 2 is 2.40 bits per heavy atom. The number of amidine groups is 1. The molecule has 0 saturated carbocycles. The van der Waals surface area contributed by atoms with Crippen molar-refractivity contribution in [3.8, 4) is 0 Å². The molecule has 0 atom stereocenters. The van der Waals surface area contributed by atoms with Gasteiger partial charge in [0, 0.05) is 22.4 Å². The summed E-state index contributed by atoms with van der Waals surface area (Å²) in [5.41, 5.74) is 11.4. The Bertz CT molecular complexity index is 241. The summed E-state index contributed by atoms with van der Waals surface area (Å²) in [5, 5.41) is 8.91. The molecular formula is C6H9N3S. The van der Waals surface area contributed by atoms with Crippen LogP contribution in [0.5, 0.6) is 0 Å². The molecule has 5 N–H and O–H groups in total. The topological polar surface area (TPSA) is 75.9 Å². The summed E-state index contributed by atoms with van der Waals surface area (Å²) in [6.07, 6.45) is 0. The Hall–Kier alpha value is -0.870. The third-order valence-corrected chi connectivity index (χ3v) is 2.12. The lowest BCUT2D eigenvalue weighted by molar-refractivity contribution is 1.11. The van der Waals surface area contributed by atoms with Gasteiger partial charge in [-0.3, -0.25) is 5.41 Å². The molecule has 0 unspecified atom stereocenters. The number of hydrogen-bond donors (Lipinski definition) is 3. The lowest BCUT2D eigenvalue weighted by Crippen LogP contribution is -2.09. The molecule has 0 saturated heterocycles. The van der Waals surface area contributed by atoms with Crippen LogP contribution in [0.25, 0.3) is 0 Å². The molecule has 10 heavy (non-hydrogen) atoms. The minimum Gasteiger partial charge on any atom is -0.384 e. The fourth-order valence-corrected chi connectivity index (χ4v) is 1.39. The second kappa shape index (κ2) is 2.81. The van der Waals surface area contributed by atoms with Gasteiger partial charge in [0.25, 0.3) is 0 Å². The van der Waals surface area contributed by atoms with Crippen LogP contribution in [0.1, 0.15) is 10.4 Å². The van der Waals surface area contributed by atoms with E-state index in [9.17, 15) is 0 Å². The molecule has 54 valence electrons. The first-order chi connectivity index (χ1) is 4.74. The van der Waals surface area contributed by atoms with Crippen LogP contribution in [0.3, 0.4) is 0 Å². The largest absolute Gasteiger partial charge is 0.384 e. The molecular weight excluding hydrogens is 146 g/mol. The number of nitrogens with one attached hydrogen (secondary N) is 1. The Balaban J connectivity index is 2.88. The first kappa shape index (κ1) is 7.24. The molecule has 3 nitrogen and oxygen atoms in total. The molecule has 0 fully saturated rings. The molecule has 0 amide bonds. The third kappa shape index (κ3) is 1.34. The summed E-state index contributed by atoms with van der Waals surface area (Å²) >= 11 is 1.53. The van der Waals surface area contributed by atoms with Gasteiger partial charge in [0.15, 0.2) is 0 Å². The van der Waals surface area contributed by atoms with E-state index in [1.807, 2.05) is 11.4 Å². The van der Waals surface area contributed by atoms with Gasteiger partial charge >= 0.3 is 0 Å². The van der Waals surface area contributed by atoms with E-state index in [0.29, 0.717) is 6.54 Å². The summed E-state index contributed by atoms with van der Waals surface area (Å²) in [6, 6.07) is 1.84. The fraction of sp³-hybridized carbons (Fsp3) is 0.167. The van der Waals surface area contributed by atoms with Crippen molar-refractivity contribution >= 4 is 17.2 Å². The lowest BCUT2D eigenvalue weighted by atomic mass is 10.3. The van der Waals surface area contributed by atoms with Gasteiger partial charge in [-0.2, -0.15) is 0 Å². The van der Waals surface area contributed by atoms with E-state index in [-0.39, 0.29) is 5.84 Å². The maximum absolute atomic E-state index is 7.07. The highest BCUT2D eigenvalue weighted by Crippen LogP contribution is 2.12. The monoisotopic (exact) mass is 155 g/mol. The highest BCUT2D eigenvalue weighted by Gasteiger charge is 1.98. The number of rotatable bonds is 2. The SMILES string of the molecule is N=C(N)c1csc(CN)c1. The van der Waals surface area contributed by atoms with E-state index in [4.69, 9.17) is 16.9 Å². The summed E-state index contributed by atoms with van der Waals surface area (Å²) in [4.78, 5) is 1.06. The molecule has 0 aromatic carbocycles. The molecule has 4 heteroatoms. The molecule has 0 bridgehead atoms. The molecule has 1 aromatic rings. The van der Waals surface area contributed by atoms with Crippen LogP contribution in [0.15, 0.2) is 11.4 Å². The van der Waals surface area contributed by atoms with Crippen molar-refractivity contribution in [2.45, 2.75) is 6.54 Å². The summed E-state index contributed by atoms with van der Waals surface area (Å²) in [5.74, 6) is 0.107. The van der Waals surface area contributed by atoms with E-state index in [0.717, 1.165) is 10.4 Å². The van der Waals surface area contributed by atoms with Crippen LogP contribution in [0, 0.1) is 5.41 Å². The molecule has 1 heterocycles. The Morgan fingerprint density at radius 1 is 1.70 bits per heavy atom. The molecule has 1 rings (SSSR count). The van der Waals surface area contributed by atoms with Gasteiger partial charge in [0.05, 0.1) is 0 Å². The average Bonchev–Trinajstić information content (AvgIpc) is 2.34. The summed E-state index contributed by atoms with van der Waals surface area (Å²) in [7, 11) is 0. The van der Waals surface area contributed by atoms with Gasteiger partial charge in [0.2, 0.25) is 0 Å². The zero-order valence-corrected chi connectivity index (χ0v) is 6.24. The van der Waals surface area contributed by atoms with E-state index in [1.54, 1.807) is 0 Å². The number of nitrogens with two attached hydrogens (primary N) is 2. The van der Waals surface area contributed by atoms with Gasteiger partial charge in [-0.05, 0) is 6.07 Å². The average molecular weight is 155 g/mol. The summed E-state index contributed by atoms with van der Waals surface area (Å²) < 4.78 is 0. The van der Waals surface area contributed by atoms with Crippen molar-refractivity contribution in [3.63, 3.8) is 0 Å². The maximum atomic E-state index is 7.07. The zero-order valence-electron chi connectivity index (χ0n) is 5.42. The van der Waals surface area contributed by atoms with Gasteiger partial charge in [-0.1, -0.05) is 0 Å². The maximum Gasteiger partial charge on any atom is 0.123 e. The predicted octanol–water partition coefficient (Wildman–Crippen LogP) is 0.491. The van der Waals surface area contributed by atoms with Gasteiger partial charge in [-0.15, -0.1) is 11.3 Å². The van der Waals surface area contributed by atoms with E-state index in [2.05, 4.69) is 0 Å². The lowest BCUT2D eigenvalue weighted by Gasteiger charge is -1.87. The van der Waals surface area contributed by atoms with Crippen LogP contribution in [-0.2, 0) is 6.54 Å². The Morgan fingerprint density at radius 3 is 2.70 bits per heavy atom. The number of thiophene rings is 1. The molecule has 0 aliphatic carbocycles. The normalized spacial score (nSPS) is 9.70. The molecule has 0 aliphatic heterocycles. The van der Waals surface area contributed by atoms with Crippen LogP contribution in [0.4, 0.5) is 0 Å². The van der Waals surface area contributed by atoms with E-state index in [1.165, 1.54) is 11.3 Å². The standard InChI is InChI=1S/C6H9N3S/c7-2-5-1-4(3-10-5)6(8)9/h1,3H,2,7H2,(H3,8,9). The first-order valence-corrected chi connectivity index (χ1v) is 3.74. The predicted molar refractivity (Wildman–Crippen MR) is 43.2 cm³/mol. The second-order valence-electron chi connectivity index (χ2n) is 1.92. The van der Waals surface area contributed by atoms with Crippen molar-refractivity contribution in [3.05, 3.63) is 21.9 Å². The van der Waals surface area contributed by atoms with Crippen molar-refractivity contribution in [1.29, 1.82) is 5.41 Å². The fourth-order valence-electron chi connectivity index (χ4n) is 0.629. The molecule has 0 aliphatic rings. The first-order valence-electron chi connectivity index (χ1n) is 2.86. The molecule has 0 radical (unpaired) electrons. The highest BCUT2D eigenvalue weighted by atomic mass is 32.1. The Labute approximate surface area is 63.2 Å².